The topological polar surface area (TPSA) is 26.3 Å². The van der Waals surface area contributed by atoms with Crippen LogP contribution in [0.2, 0.25) is 0 Å². The van der Waals surface area contributed by atoms with Crippen molar-refractivity contribution in [1.82, 2.24) is 0 Å². The Bertz CT molecular complexity index is 410. The summed E-state index contributed by atoms with van der Waals surface area (Å²) in [7, 11) is 0. The third-order valence-electron chi connectivity index (χ3n) is 1.82. The molecule has 1 unspecified atom stereocenters. The lowest BCUT2D eigenvalue weighted by atomic mass is 10.1. The summed E-state index contributed by atoms with van der Waals surface area (Å²) in [6.07, 6.45) is 3.35. The maximum absolute atomic E-state index is 11.3. The molecule has 1 aliphatic rings. The van der Waals surface area contributed by atoms with Crippen molar-refractivity contribution < 1.29 is 9.53 Å². The normalized spacial score (nSPS) is 18.5. The molecule has 2 heteroatoms. The van der Waals surface area contributed by atoms with Crippen LogP contribution >= 0.6 is 0 Å². The second-order valence-electron chi connectivity index (χ2n) is 3.66. The molecule has 0 aromatic rings. The zero-order chi connectivity index (χ0) is 11.4. The SMILES string of the molecule is C=C(C#CC=C(C)C)C1=CC(C)OC1=O. The molecule has 0 aromatic carbocycles. The van der Waals surface area contributed by atoms with Gasteiger partial charge >= 0.3 is 5.97 Å². The highest BCUT2D eigenvalue weighted by Gasteiger charge is 2.23. The first-order chi connectivity index (χ1) is 7.00. The van der Waals surface area contributed by atoms with Gasteiger partial charge in [-0.1, -0.05) is 24.0 Å². The fourth-order valence-corrected chi connectivity index (χ4v) is 1.13. The minimum Gasteiger partial charge on any atom is -0.455 e. The average molecular weight is 202 g/mol. The van der Waals surface area contributed by atoms with Gasteiger partial charge in [0, 0.05) is 5.57 Å². The van der Waals surface area contributed by atoms with Gasteiger partial charge in [-0.15, -0.1) is 0 Å². The smallest absolute Gasteiger partial charge is 0.339 e. The summed E-state index contributed by atoms with van der Waals surface area (Å²) >= 11 is 0. The molecule has 15 heavy (non-hydrogen) atoms. The summed E-state index contributed by atoms with van der Waals surface area (Å²) in [6.45, 7) is 9.48. The number of cyclic esters (lactones) is 1. The van der Waals surface area contributed by atoms with Gasteiger partial charge in [-0.05, 0) is 32.9 Å². The number of hydrogen-bond acceptors (Lipinski definition) is 2. The minimum atomic E-state index is -0.334. The number of allylic oxidation sites excluding steroid dienone is 2. The predicted molar refractivity (Wildman–Crippen MR) is 60.0 cm³/mol. The Morgan fingerprint density at radius 2 is 2.27 bits per heavy atom. The molecule has 0 amide bonds. The van der Waals surface area contributed by atoms with Gasteiger partial charge < -0.3 is 4.74 Å². The second-order valence-corrected chi connectivity index (χ2v) is 3.66. The molecule has 1 aliphatic heterocycles. The summed E-state index contributed by atoms with van der Waals surface area (Å²) in [5.41, 5.74) is 2.12. The predicted octanol–water partition coefficient (Wildman–Crippen LogP) is 2.38. The van der Waals surface area contributed by atoms with E-state index in [4.69, 9.17) is 4.74 Å². The van der Waals surface area contributed by atoms with E-state index >= 15 is 0 Å². The van der Waals surface area contributed by atoms with Gasteiger partial charge in [-0.3, -0.25) is 0 Å². The minimum absolute atomic E-state index is 0.172. The van der Waals surface area contributed by atoms with E-state index in [1.54, 1.807) is 12.2 Å². The number of esters is 1. The van der Waals surface area contributed by atoms with E-state index < -0.39 is 0 Å². The third-order valence-corrected chi connectivity index (χ3v) is 1.82. The van der Waals surface area contributed by atoms with Crippen LogP contribution < -0.4 is 0 Å². The largest absolute Gasteiger partial charge is 0.455 e. The lowest BCUT2D eigenvalue weighted by Gasteiger charge is -1.97. The number of hydrogen-bond donors (Lipinski definition) is 0. The molecule has 1 rings (SSSR count). The van der Waals surface area contributed by atoms with Crippen molar-refractivity contribution >= 4 is 5.97 Å². The molecule has 0 spiro atoms. The third kappa shape index (κ3) is 3.14. The van der Waals surface area contributed by atoms with E-state index in [1.807, 2.05) is 20.8 Å². The van der Waals surface area contributed by atoms with E-state index in [0.29, 0.717) is 11.1 Å². The van der Waals surface area contributed by atoms with E-state index in [-0.39, 0.29) is 12.1 Å². The first kappa shape index (κ1) is 11.3. The van der Waals surface area contributed by atoms with Gasteiger partial charge in [0.1, 0.15) is 6.10 Å². The molecule has 1 heterocycles. The Hall–Kier alpha value is -1.75. The lowest BCUT2D eigenvalue weighted by Crippen LogP contribution is -2.04. The van der Waals surface area contributed by atoms with Crippen molar-refractivity contribution in [1.29, 1.82) is 0 Å². The van der Waals surface area contributed by atoms with Crippen LogP contribution in [0.1, 0.15) is 20.8 Å². The molecule has 0 saturated heterocycles. The number of carbonyl (C=O) groups excluding carboxylic acids is 1. The van der Waals surface area contributed by atoms with Crippen molar-refractivity contribution in [2.24, 2.45) is 0 Å². The van der Waals surface area contributed by atoms with E-state index in [9.17, 15) is 4.79 Å². The number of carbonyl (C=O) groups is 1. The Morgan fingerprint density at radius 3 is 2.73 bits per heavy atom. The maximum Gasteiger partial charge on any atom is 0.339 e. The van der Waals surface area contributed by atoms with Gasteiger partial charge in [0.2, 0.25) is 0 Å². The lowest BCUT2D eigenvalue weighted by molar-refractivity contribution is -0.138. The van der Waals surface area contributed by atoms with Gasteiger partial charge in [-0.25, -0.2) is 4.79 Å². The van der Waals surface area contributed by atoms with Crippen LogP contribution in [0.5, 0.6) is 0 Å². The van der Waals surface area contributed by atoms with Gasteiger partial charge in [-0.2, -0.15) is 0 Å². The highest BCUT2D eigenvalue weighted by molar-refractivity contribution is 5.96. The molecule has 0 aliphatic carbocycles. The van der Waals surface area contributed by atoms with E-state index in [0.717, 1.165) is 5.57 Å². The highest BCUT2D eigenvalue weighted by atomic mass is 16.5. The maximum atomic E-state index is 11.3. The van der Waals surface area contributed by atoms with Crippen molar-refractivity contribution in [2.75, 3.05) is 0 Å². The van der Waals surface area contributed by atoms with Crippen LogP contribution in [0.3, 0.4) is 0 Å². The van der Waals surface area contributed by atoms with Gasteiger partial charge in [0.15, 0.2) is 0 Å². The van der Waals surface area contributed by atoms with Crippen molar-refractivity contribution in [2.45, 2.75) is 26.9 Å². The summed E-state index contributed by atoms with van der Waals surface area (Å²) in [5.74, 6) is 5.32. The fourth-order valence-electron chi connectivity index (χ4n) is 1.13. The van der Waals surface area contributed by atoms with Crippen LogP contribution in [-0.2, 0) is 9.53 Å². The molecule has 0 fully saturated rings. The van der Waals surface area contributed by atoms with Crippen molar-refractivity contribution in [3.8, 4) is 11.8 Å². The van der Waals surface area contributed by atoms with Crippen molar-refractivity contribution in [3.63, 3.8) is 0 Å². The second kappa shape index (κ2) is 4.65. The number of ether oxygens (including phenoxy) is 1. The summed E-state index contributed by atoms with van der Waals surface area (Å²) < 4.78 is 4.95. The standard InChI is InChI=1S/C13H14O2/c1-9(2)6-5-7-10(3)12-8-11(4)15-13(12)14/h6,8,11H,3H2,1-2,4H3. The molecular weight excluding hydrogens is 188 g/mol. The van der Waals surface area contributed by atoms with Crippen LogP contribution in [-0.4, -0.2) is 12.1 Å². The first-order valence-corrected chi connectivity index (χ1v) is 4.77. The summed E-state index contributed by atoms with van der Waals surface area (Å²) in [4.78, 5) is 11.3. The van der Waals surface area contributed by atoms with Gasteiger partial charge in [0.25, 0.3) is 0 Å². The summed E-state index contributed by atoms with van der Waals surface area (Å²) in [5, 5.41) is 0. The van der Waals surface area contributed by atoms with Crippen LogP contribution in [0.15, 0.2) is 35.5 Å². The average Bonchev–Trinajstić information content (AvgIpc) is 2.44. The first-order valence-electron chi connectivity index (χ1n) is 4.77. The molecule has 78 valence electrons. The van der Waals surface area contributed by atoms with Crippen LogP contribution in [0, 0.1) is 11.8 Å². The Labute approximate surface area is 90.3 Å². The quantitative estimate of drug-likeness (QED) is 0.482. The van der Waals surface area contributed by atoms with Crippen LogP contribution in [0.4, 0.5) is 0 Å². The van der Waals surface area contributed by atoms with E-state index in [2.05, 4.69) is 18.4 Å². The monoisotopic (exact) mass is 202 g/mol. The zero-order valence-corrected chi connectivity index (χ0v) is 9.26. The highest BCUT2D eigenvalue weighted by Crippen LogP contribution is 2.18. The fraction of sp³-hybridized carbons (Fsp3) is 0.308. The summed E-state index contributed by atoms with van der Waals surface area (Å²) in [6, 6.07) is 0. The molecule has 0 aromatic heterocycles. The zero-order valence-electron chi connectivity index (χ0n) is 9.26. The van der Waals surface area contributed by atoms with E-state index in [1.165, 1.54) is 0 Å². The Kier molecular flexibility index (Phi) is 3.51. The Balaban J connectivity index is 2.77. The molecule has 2 nitrogen and oxygen atoms in total. The van der Waals surface area contributed by atoms with Crippen molar-refractivity contribution in [3.05, 3.63) is 35.5 Å². The number of rotatable bonds is 1. The molecular formula is C13H14O2. The molecule has 0 bridgehead atoms. The van der Waals surface area contributed by atoms with Crippen LogP contribution in [0.25, 0.3) is 0 Å². The van der Waals surface area contributed by atoms with Gasteiger partial charge in [0.05, 0.1) is 5.57 Å². The molecule has 0 N–H and O–H groups in total. The molecule has 0 radical (unpaired) electrons. The molecule has 1 atom stereocenters. The Morgan fingerprint density at radius 1 is 1.60 bits per heavy atom. The molecule has 0 saturated carbocycles.